The van der Waals surface area contributed by atoms with Gasteiger partial charge in [-0.25, -0.2) is 9.37 Å². The Morgan fingerprint density at radius 3 is 2.52 bits per heavy atom. The molecule has 1 aliphatic rings. The monoisotopic (exact) mass is 333 g/mol. The molecule has 1 amide bonds. The number of piperazine rings is 1. The van der Waals surface area contributed by atoms with Crippen LogP contribution >= 0.6 is 11.3 Å². The summed E-state index contributed by atoms with van der Waals surface area (Å²) in [5.41, 5.74) is 2.04. The van der Waals surface area contributed by atoms with Crippen molar-refractivity contribution < 1.29 is 9.18 Å². The van der Waals surface area contributed by atoms with E-state index in [-0.39, 0.29) is 11.7 Å². The molecule has 0 radical (unpaired) electrons. The Bertz CT molecular complexity index is 663. The van der Waals surface area contributed by atoms with Crippen LogP contribution < -0.4 is 4.90 Å². The number of nitrogens with zero attached hydrogens (tertiary/aromatic N) is 3. The number of aryl methyl sites for hydroxylation is 2. The number of hydrogen-bond donors (Lipinski definition) is 0. The fourth-order valence-electron chi connectivity index (χ4n) is 2.69. The average Bonchev–Trinajstić information content (AvgIpc) is 3.01. The maximum Gasteiger partial charge on any atom is 0.223 e. The molecule has 2 aromatic rings. The quantitative estimate of drug-likeness (QED) is 0.863. The first kappa shape index (κ1) is 15.9. The van der Waals surface area contributed by atoms with Crippen molar-refractivity contribution >= 4 is 22.4 Å². The third-order valence-electron chi connectivity index (χ3n) is 4.05. The van der Waals surface area contributed by atoms with Crippen LogP contribution in [0.2, 0.25) is 0 Å². The number of thiazole rings is 1. The minimum atomic E-state index is -0.242. The summed E-state index contributed by atoms with van der Waals surface area (Å²) in [6.07, 6.45) is 1.13. The summed E-state index contributed by atoms with van der Waals surface area (Å²) < 4.78 is 12.9. The summed E-state index contributed by atoms with van der Waals surface area (Å²) in [5.74, 6) is -0.0714. The first-order valence-electron chi connectivity index (χ1n) is 7.81. The predicted octanol–water partition coefficient (Wildman–Crippen LogP) is 2.87. The van der Waals surface area contributed by atoms with Crippen LogP contribution in [-0.4, -0.2) is 42.0 Å². The Labute approximate surface area is 139 Å². The Morgan fingerprint density at radius 2 is 1.91 bits per heavy atom. The van der Waals surface area contributed by atoms with E-state index in [1.807, 2.05) is 11.8 Å². The molecule has 4 nitrogen and oxygen atoms in total. The maximum absolute atomic E-state index is 12.9. The zero-order chi connectivity index (χ0) is 16.2. The Hall–Kier alpha value is -1.95. The van der Waals surface area contributed by atoms with E-state index >= 15 is 0 Å². The number of rotatable bonds is 4. The molecule has 1 aromatic carbocycles. The molecule has 1 aliphatic heterocycles. The number of carbonyl (C=O) groups excluding carboxylic acids is 1. The van der Waals surface area contributed by atoms with Crippen LogP contribution in [0.3, 0.4) is 0 Å². The van der Waals surface area contributed by atoms with Crippen molar-refractivity contribution in [3.8, 4) is 0 Å². The molecule has 0 N–H and O–H groups in total. The van der Waals surface area contributed by atoms with E-state index in [4.69, 9.17) is 0 Å². The normalized spacial score (nSPS) is 15.0. The van der Waals surface area contributed by atoms with Crippen LogP contribution in [0.15, 0.2) is 29.6 Å². The zero-order valence-electron chi connectivity index (χ0n) is 13.2. The van der Waals surface area contributed by atoms with E-state index in [0.29, 0.717) is 12.8 Å². The molecule has 0 bridgehead atoms. The Morgan fingerprint density at radius 1 is 1.22 bits per heavy atom. The molecule has 0 saturated carbocycles. The molecular formula is C17H20FN3OS. The van der Waals surface area contributed by atoms with Crippen molar-refractivity contribution in [2.24, 2.45) is 0 Å². The third kappa shape index (κ3) is 4.07. The summed E-state index contributed by atoms with van der Waals surface area (Å²) in [5, 5.41) is 3.09. The molecule has 0 aliphatic carbocycles. The van der Waals surface area contributed by atoms with Crippen LogP contribution in [0, 0.1) is 12.7 Å². The SMILES string of the molecule is Cc1csc(N2CCN(C(=O)CCc3ccc(F)cc3)CC2)n1. The summed E-state index contributed by atoms with van der Waals surface area (Å²) in [7, 11) is 0. The maximum atomic E-state index is 12.9. The van der Waals surface area contributed by atoms with Crippen LogP contribution in [0.5, 0.6) is 0 Å². The van der Waals surface area contributed by atoms with Gasteiger partial charge in [0.1, 0.15) is 5.82 Å². The van der Waals surface area contributed by atoms with Gasteiger partial charge in [0.2, 0.25) is 5.91 Å². The highest BCUT2D eigenvalue weighted by Crippen LogP contribution is 2.21. The van der Waals surface area contributed by atoms with Gasteiger partial charge in [-0.15, -0.1) is 11.3 Å². The van der Waals surface area contributed by atoms with Gasteiger partial charge in [-0.2, -0.15) is 0 Å². The van der Waals surface area contributed by atoms with Gasteiger partial charge in [-0.1, -0.05) is 12.1 Å². The molecule has 2 heterocycles. The van der Waals surface area contributed by atoms with Crippen molar-refractivity contribution in [3.63, 3.8) is 0 Å². The molecule has 1 aromatic heterocycles. The lowest BCUT2D eigenvalue weighted by atomic mass is 10.1. The lowest BCUT2D eigenvalue weighted by Crippen LogP contribution is -2.48. The minimum Gasteiger partial charge on any atom is -0.345 e. The molecule has 122 valence electrons. The molecule has 0 atom stereocenters. The van der Waals surface area contributed by atoms with E-state index in [1.165, 1.54) is 12.1 Å². The molecule has 1 fully saturated rings. The van der Waals surface area contributed by atoms with Crippen molar-refractivity contribution in [3.05, 3.63) is 46.7 Å². The number of hydrogen-bond acceptors (Lipinski definition) is 4. The average molecular weight is 333 g/mol. The summed E-state index contributed by atoms with van der Waals surface area (Å²) in [6, 6.07) is 6.36. The number of aromatic nitrogens is 1. The number of amides is 1. The number of carbonyl (C=O) groups is 1. The van der Waals surface area contributed by atoms with Crippen LogP contribution in [0.4, 0.5) is 9.52 Å². The highest BCUT2D eigenvalue weighted by atomic mass is 32.1. The molecule has 0 spiro atoms. The van der Waals surface area contributed by atoms with Crippen LogP contribution in [-0.2, 0) is 11.2 Å². The predicted molar refractivity (Wildman–Crippen MR) is 90.4 cm³/mol. The smallest absolute Gasteiger partial charge is 0.223 e. The Kier molecular flexibility index (Phi) is 4.91. The summed E-state index contributed by atoms with van der Waals surface area (Å²) in [4.78, 5) is 21.0. The second-order valence-electron chi connectivity index (χ2n) is 5.77. The largest absolute Gasteiger partial charge is 0.345 e. The lowest BCUT2D eigenvalue weighted by molar-refractivity contribution is -0.131. The number of halogens is 1. The van der Waals surface area contributed by atoms with E-state index in [2.05, 4.69) is 15.3 Å². The van der Waals surface area contributed by atoms with Gasteiger partial charge >= 0.3 is 0 Å². The number of anilines is 1. The highest BCUT2D eigenvalue weighted by Gasteiger charge is 2.22. The fourth-order valence-corrected chi connectivity index (χ4v) is 3.55. The van der Waals surface area contributed by atoms with E-state index < -0.39 is 0 Å². The number of benzene rings is 1. The van der Waals surface area contributed by atoms with Crippen molar-refractivity contribution in [2.45, 2.75) is 19.8 Å². The van der Waals surface area contributed by atoms with Gasteiger partial charge in [0.05, 0.1) is 5.69 Å². The standard InChI is InChI=1S/C17H20FN3OS/c1-13-12-23-17(19-13)21-10-8-20(9-11-21)16(22)7-4-14-2-5-15(18)6-3-14/h2-3,5-6,12H,4,7-11H2,1H3. The third-order valence-corrected chi connectivity index (χ3v) is 5.07. The fraction of sp³-hybridized carbons (Fsp3) is 0.412. The molecule has 0 unspecified atom stereocenters. The van der Waals surface area contributed by atoms with E-state index in [1.54, 1.807) is 23.5 Å². The topological polar surface area (TPSA) is 36.4 Å². The van der Waals surface area contributed by atoms with Crippen LogP contribution in [0.25, 0.3) is 0 Å². The van der Waals surface area contributed by atoms with Crippen molar-refractivity contribution in [2.75, 3.05) is 31.1 Å². The molecule has 6 heteroatoms. The second-order valence-corrected chi connectivity index (χ2v) is 6.60. The van der Waals surface area contributed by atoms with Gasteiger partial charge in [0, 0.05) is 38.0 Å². The molecule has 23 heavy (non-hydrogen) atoms. The van der Waals surface area contributed by atoms with E-state index in [0.717, 1.165) is 42.6 Å². The van der Waals surface area contributed by atoms with E-state index in [9.17, 15) is 9.18 Å². The second kappa shape index (κ2) is 7.08. The lowest BCUT2D eigenvalue weighted by Gasteiger charge is -2.34. The van der Waals surface area contributed by atoms with Gasteiger partial charge < -0.3 is 9.80 Å². The highest BCUT2D eigenvalue weighted by molar-refractivity contribution is 7.13. The van der Waals surface area contributed by atoms with Crippen molar-refractivity contribution in [1.82, 2.24) is 9.88 Å². The summed E-state index contributed by atoms with van der Waals surface area (Å²) >= 11 is 1.66. The van der Waals surface area contributed by atoms with Gasteiger partial charge in [0.15, 0.2) is 5.13 Å². The minimum absolute atomic E-state index is 0.171. The van der Waals surface area contributed by atoms with Crippen molar-refractivity contribution in [1.29, 1.82) is 0 Å². The zero-order valence-corrected chi connectivity index (χ0v) is 14.0. The first-order valence-corrected chi connectivity index (χ1v) is 8.69. The first-order chi connectivity index (χ1) is 11.1. The van der Waals surface area contributed by atoms with Gasteiger partial charge in [-0.3, -0.25) is 4.79 Å². The van der Waals surface area contributed by atoms with Gasteiger partial charge in [0.25, 0.3) is 0 Å². The Balaban J connectivity index is 1.47. The molecule has 1 saturated heterocycles. The summed E-state index contributed by atoms with van der Waals surface area (Å²) in [6.45, 7) is 5.13. The van der Waals surface area contributed by atoms with Gasteiger partial charge in [-0.05, 0) is 31.0 Å². The molecular weight excluding hydrogens is 313 g/mol. The van der Waals surface area contributed by atoms with Crippen LogP contribution in [0.1, 0.15) is 17.7 Å². The molecule has 3 rings (SSSR count).